The Morgan fingerprint density at radius 3 is 2.78 bits per heavy atom. The van der Waals surface area contributed by atoms with Gasteiger partial charge in [-0.15, -0.1) is 5.10 Å². The standard InChI is InChI=1S/C11H18N6O/c1-3-9(4-2)16(5-6-18)11-8-12-7-10-13-14-15-17(10)11/h7-9,18H,3-6H2,1-2H3. The number of tetrazole rings is 1. The molecule has 0 aliphatic carbocycles. The minimum absolute atomic E-state index is 0.0923. The first-order chi connectivity index (χ1) is 8.81. The zero-order valence-electron chi connectivity index (χ0n) is 10.7. The Labute approximate surface area is 105 Å². The molecule has 0 unspecified atom stereocenters. The Kier molecular flexibility index (Phi) is 4.03. The second-order valence-electron chi connectivity index (χ2n) is 4.10. The number of hydrogen-bond acceptors (Lipinski definition) is 6. The topological polar surface area (TPSA) is 79.4 Å². The lowest BCUT2D eigenvalue weighted by molar-refractivity contribution is 0.295. The predicted octanol–water partition coefficient (Wildman–Crippen LogP) is 0.507. The number of nitrogens with zero attached hydrogens (tertiary/aromatic N) is 6. The van der Waals surface area contributed by atoms with E-state index in [0.29, 0.717) is 18.2 Å². The van der Waals surface area contributed by atoms with Crippen molar-refractivity contribution >= 4 is 11.5 Å². The van der Waals surface area contributed by atoms with Gasteiger partial charge in [-0.05, 0) is 23.3 Å². The smallest absolute Gasteiger partial charge is 0.199 e. The molecule has 98 valence electrons. The van der Waals surface area contributed by atoms with Crippen LogP contribution >= 0.6 is 0 Å². The molecule has 0 saturated heterocycles. The molecule has 2 heterocycles. The number of anilines is 1. The Morgan fingerprint density at radius 1 is 1.33 bits per heavy atom. The maximum Gasteiger partial charge on any atom is 0.199 e. The van der Waals surface area contributed by atoms with Crippen molar-refractivity contribution in [2.45, 2.75) is 32.7 Å². The lowest BCUT2D eigenvalue weighted by Gasteiger charge is -2.31. The Hall–Kier alpha value is -1.76. The summed E-state index contributed by atoms with van der Waals surface area (Å²) in [6.07, 6.45) is 5.34. The predicted molar refractivity (Wildman–Crippen MR) is 67.4 cm³/mol. The quantitative estimate of drug-likeness (QED) is 0.804. The van der Waals surface area contributed by atoms with Crippen LogP contribution in [0.15, 0.2) is 12.4 Å². The zero-order valence-corrected chi connectivity index (χ0v) is 10.7. The van der Waals surface area contributed by atoms with E-state index in [2.05, 4.69) is 39.3 Å². The molecule has 0 aliphatic heterocycles. The first kappa shape index (κ1) is 12.7. The normalized spacial score (nSPS) is 11.3. The first-order valence-electron chi connectivity index (χ1n) is 6.21. The third-order valence-corrected chi connectivity index (χ3v) is 3.11. The molecule has 1 N–H and O–H groups in total. The van der Waals surface area contributed by atoms with Crippen molar-refractivity contribution in [1.82, 2.24) is 25.0 Å². The summed E-state index contributed by atoms with van der Waals surface area (Å²) in [7, 11) is 0. The van der Waals surface area contributed by atoms with E-state index < -0.39 is 0 Å². The second kappa shape index (κ2) is 5.72. The van der Waals surface area contributed by atoms with E-state index >= 15 is 0 Å². The van der Waals surface area contributed by atoms with Crippen molar-refractivity contribution < 1.29 is 5.11 Å². The lowest BCUT2D eigenvalue weighted by Crippen LogP contribution is -2.38. The van der Waals surface area contributed by atoms with E-state index in [9.17, 15) is 5.11 Å². The van der Waals surface area contributed by atoms with E-state index in [1.165, 1.54) is 0 Å². The van der Waals surface area contributed by atoms with Gasteiger partial charge in [0.15, 0.2) is 11.5 Å². The zero-order chi connectivity index (χ0) is 13.0. The van der Waals surface area contributed by atoms with E-state index in [0.717, 1.165) is 18.7 Å². The van der Waals surface area contributed by atoms with Crippen LogP contribution in [0.2, 0.25) is 0 Å². The van der Waals surface area contributed by atoms with Crippen LogP contribution in [0.5, 0.6) is 0 Å². The average molecular weight is 250 g/mol. The number of aliphatic hydroxyl groups is 1. The molecule has 0 saturated carbocycles. The van der Waals surface area contributed by atoms with Crippen molar-refractivity contribution in [2.24, 2.45) is 0 Å². The molecule has 0 spiro atoms. The molecule has 2 aromatic heterocycles. The van der Waals surface area contributed by atoms with Crippen LogP contribution in [0.3, 0.4) is 0 Å². The molecule has 0 aromatic carbocycles. The lowest BCUT2D eigenvalue weighted by atomic mass is 10.1. The summed E-state index contributed by atoms with van der Waals surface area (Å²) in [5.74, 6) is 0.820. The Morgan fingerprint density at radius 2 is 2.11 bits per heavy atom. The molecule has 18 heavy (non-hydrogen) atoms. The molecule has 2 aromatic rings. The number of fused-ring (bicyclic) bond motifs is 1. The van der Waals surface area contributed by atoms with Gasteiger partial charge >= 0.3 is 0 Å². The van der Waals surface area contributed by atoms with Gasteiger partial charge < -0.3 is 10.0 Å². The molecule has 7 nitrogen and oxygen atoms in total. The van der Waals surface area contributed by atoms with Gasteiger partial charge in [0.2, 0.25) is 0 Å². The maximum atomic E-state index is 9.24. The Bertz CT molecular complexity index is 495. The molecule has 0 amide bonds. The van der Waals surface area contributed by atoms with Gasteiger partial charge in [-0.1, -0.05) is 13.8 Å². The van der Waals surface area contributed by atoms with Crippen LogP contribution in [-0.2, 0) is 0 Å². The van der Waals surface area contributed by atoms with E-state index in [4.69, 9.17) is 0 Å². The van der Waals surface area contributed by atoms with E-state index in [1.807, 2.05) is 0 Å². The summed E-state index contributed by atoms with van der Waals surface area (Å²) >= 11 is 0. The average Bonchev–Trinajstić information content (AvgIpc) is 2.87. The molecule has 0 fully saturated rings. The van der Waals surface area contributed by atoms with Crippen LogP contribution in [-0.4, -0.2) is 49.3 Å². The first-order valence-corrected chi connectivity index (χ1v) is 6.21. The second-order valence-corrected chi connectivity index (χ2v) is 4.10. The SMILES string of the molecule is CCC(CC)N(CCO)c1cncc2nnnn12. The van der Waals surface area contributed by atoms with Crippen molar-refractivity contribution in [1.29, 1.82) is 0 Å². The highest BCUT2D eigenvalue weighted by Crippen LogP contribution is 2.19. The largest absolute Gasteiger partial charge is 0.395 e. The molecule has 0 radical (unpaired) electrons. The van der Waals surface area contributed by atoms with E-state index in [-0.39, 0.29) is 6.61 Å². The third-order valence-electron chi connectivity index (χ3n) is 3.11. The van der Waals surface area contributed by atoms with Crippen LogP contribution in [0.4, 0.5) is 5.82 Å². The fourth-order valence-electron chi connectivity index (χ4n) is 2.18. The summed E-state index contributed by atoms with van der Waals surface area (Å²) in [4.78, 5) is 6.26. The molecule has 2 rings (SSSR count). The minimum atomic E-state index is 0.0923. The number of aromatic nitrogens is 5. The fourth-order valence-corrected chi connectivity index (χ4v) is 2.18. The molecule has 0 bridgehead atoms. The van der Waals surface area contributed by atoms with Gasteiger partial charge in [0.05, 0.1) is 19.0 Å². The van der Waals surface area contributed by atoms with Crippen molar-refractivity contribution in [2.75, 3.05) is 18.1 Å². The highest BCUT2D eigenvalue weighted by Gasteiger charge is 2.19. The summed E-state index contributed by atoms with van der Waals surface area (Å²) in [5, 5.41) is 20.7. The van der Waals surface area contributed by atoms with E-state index in [1.54, 1.807) is 16.9 Å². The molecular weight excluding hydrogens is 232 g/mol. The van der Waals surface area contributed by atoms with Crippen LogP contribution < -0.4 is 4.90 Å². The van der Waals surface area contributed by atoms with Gasteiger partial charge in [-0.2, -0.15) is 4.52 Å². The van der Waals surface area contributed by atoms with Gasteiger partial charge in [-0.25, -0.2) is 0 Å². The molecule has 0 aliphatic rings. The number of aliphatic hydroxyl groups excluding tert-OH is 1. The summed E-state index contributed by atoms with van der Waals surface area (Å²) in [6, 6.07) is 0.341. The number of rotatable bonds is 6. The summed E-state index contributed by atoms with van der Waals surface area (Å²) in [5.41, 5.74) is 0.612. The van der Waals surface area contributed by atoms with Gasteiger partial charge in [0, 0.05) is 12.6 Å². The van der Waals surface area contributed by atoms with Crippen molar-refractivity contribution in [3.8, 4) is 0 Å². The van der Waals surface area contributed by atoms with Crippen LogP contribution in [0, 0.1) is 0 Å². The highest BCUT2D eigenvalue weighted by atomic mass is 16.3. The summed E-state index contributed by atoms with van der Waals surface area (Å²) < 4.78 is 1.65. The van der Waals surface area contributed by atoms with Crippen LogP contribution in [0.25, 0.3) is 5.65 Å². The highest BCUT2D eigenvalue weighted by molar-refractivity contribution is 5.46. The molecule has 7 heteroatoms. The van der Waals surface area contributed by atoms with Gasteiger partial charge in [0.1, 0.15) is 0 Å². The fraction of sp³-hybridized carbons (Fsp3) is 0.636. The van der Waals surface area contributed by atoms with Crippen LogP contribution in [0.1, 0.15) is 26.7 Å². The van der Waals surface area contributed by atoms with Crippen molar-refractivity contribution in [3.05, 3.63) is 12.4 Å². The minimum Gasteiger partial charge on any atom is -0.395 e. The monoisotopic (exact) mass is 250 g/mol. The van der Waals surface area contributed by atoms with Gasteiger partial charge in [-0.3, -0.25) is 4.98 Å². The molecular formula is C11H18N6O. The Balaban J connectivity index is 2.43. The third kappa shape index (κ3) is 2.26. The van der Waals surface area contributed by atoms with Crippen molar-refractivity contribution in [3.63, 3.8) is 0 Å². The van der Waals surface area contributed by atoms with Gasteiger partial charge in [0.25, 0.3) is 0 Å². The maximum absolute atomic E-state index is 9.24. The molecule has 0 atom stereocenters. The number of hydrogen-bond donors (Lipinski definition) is 1. The summed E-state index contributed by atoms with van der Waals surface area (Å²) in [6.45, 7) is 4.90.